The Balaban J connectivity index is 1.89. The lowest BCUT2D eigenvalue weighted by Gasteiger charge is -2.17. The highest BCUT2D eigenvalue weighted by molar-refractivity contribution is 7.99. The Kier molecular flexibility index (Phi) is 6.15. The molecule has 0 heterocycles. The highest BCUT2D eigenvalue weighted by Crippen LogP contribution is 2.26. The third-order valence-electron chi connectivity index (χ3n) is 2.98. The monoisotopic (exact) mass is 338 g/mol. The Bertz CT molecular complexity index is 603. The van der Waals surface area contributed by atoms with Crippen LogP contribution in [0.15, 0.2) is 59.5 Å². The number of benzene rings is 2. The molecule has 0 saturated carbocycles. The number of anilines is 1. The van der Waals surface area contributed by atoms with Crippen molar-refractivity contribution in [3.63, 3.8) is 0 Å². The molecule has 6 heteroatoms. The molecule has 0 saturated heterocycles. The van der Waals surface area contributed by atoms with E-state index in [1.165, 1.54) is 0 Å². The molecule has 2 aromatic carbocycles. The molecule has 116 valence electrons. The number of alkyl halides is 2. The van der Waals surface area contributed by atoms with Crippen LogP contribution in [0.2, 0.25) is 0 Å². The van der Waals surface area contributed by atoms with Crippen LogP contribution in [0.1, 0.15) is 18.5 Å². The summed E-state index contributed by atoms with van der Waals surface area (Å²) in [5, 5.41) is 6.72. The van der Waals surface area contributed by atoms with Crippen LogP contribution in [0, 0.1) is 0 Å². The predicted molar refractivity (Wildman–Crippen MR) is 92.5 cm³/mol. The Hall–Kier alpha value is -1.66. The Morgan fingerprint density at radius 1 is 1.05 bits per heavy atom. The maximum atomic E-state index is 12.3. The Morgan fingerprint density at radius 2 is 1.68 bits per heavy atom. The van der Waals surface area contributed by atoms with Crippen LogP contribution >= 0.6 is 24.0 Å². The van der Waals surface area contributed by atoms with Crippen molar-refractivity contribution >= 4 is 34.8 Å². The lowest BCUT2D eigenvalue weighted by Crippen LogP contribution is -2.30. The second-order valence-electron chi connectivity index (χ2n) is 4.63. The van der Waals surface area contributed by atoms with E-state index in [0.29, 0.717) is 21.8 Å². The van der Waals surface area contributed by atoms with Crippen LogP contribution in [0.4, 0.5) is 14.5 Å². The average Bonchev–Trinajstić information content (AvgIpc) is 2.49. The highest BCUT2D eigenvalue weighted by Gasteiger charge is 2.07. The summed E-state index contributed by atoms with van der Waals surface area (Å²) in [4.78, 5) is 0.525. The summed E-state index contributed by atoms with van der Waals surface area (Å²) in [7, 11) is 0. The first-order valence-electron chi connectivity index (χ1n) is 6.72. The summed E-state index contributed by atoms with van der Waals surface area (Å²) in [5.41, 5.74) is 1.90. The molecule has 0 aromatic heterocycles. The van der Waals surface area contributed by atoms with Gasteiger partial charge in [0.15, 0.2) is 5.11 Å². The van der Waals surface area contributed by atoms with Gasteiger partial charge in [-0.3, -0.25) is 0 Å². The van der Waals surface area contributed by atoms with E-state index in [0.717, 1.165) is 11.3 Å². The molecule has 0 spiro atoms. The zero-order chi connectivity index (χ0) is 15.9. The minimum atomic E-state index is -2.41. The van der Waals surface area contributed by atoms with Crippen LogP contribution < -0.4 is 10.6 Å². The largest absolute Gasteiger partial charge is 0.356 e. The minimum absolute atomic E-state index is 0.0786. The number of rotatable bonds is 5. The summed E-state index contributed by atoms with van der Waals surface area (Å²) < 4.78 is 24.5. The fraction of sp³-hybridized carbons (Fsp3) is 0.188. The SMILES string of the molecule is C[C@@H](NC(=S)Nc1ccc(SC(F)F)cc1)c1ccccc1. The Morgan fingerprint density at radius 3 is 2.27 bits per heavy atom. The van der Waals surface area contributed by atoms with Crippen molar-refractivity contribution in [3.05, 3.63) is 60.2 Å². The number of hydrogen-bond donors (Lipinski definition) is 2. The lowest BCUT2D eigenvalue weighted by molar-refractivity contribution is 0.252. The quantitative estimate of drug-likeness (QED) is 0.588. The van der Waals surface area contributed by atoms with Crippen LogP contribution in [0.3, 0.4) is 0 Å². The van der Waals surface area contributed by atoms with Gasteiger partial charge < -0.3 is 10.6 Å². The van der Waals surface area contributed by atoms with Crippen LogP contribution in [0.25, 0.3) is 0 Å². The maximum Gasteiger partial charge on any atom is 0.288 e. The van der Waals surface area contributed by atoms with Gasteiger partial charge in [0.05, 0.1) is 6.04 Å². The van der Waals surface area contributed by atoms with Crippen LogP contribution in [-0.2, 0) is 0 Å². The zero-order valence-corrected chi connectivity index (χ0v) is 13.6. The number of halogens is 2. The van der Waals surface area contributed by atoms with E-state index in [9.17, 15) is 8.78 Å². The highest BCUT2D eigenvalue weighted by atomic mass is 32.2. The first-order chi connectivity index (χ1) is 10.5. The molecule has 0 aliphatic carbocycles. The normalized spacial score (nSPS) is 12.0. The van der Waals surface area contributed by atoms with Gasteiger partial charge in [0.1, 0.15) is 0 Å². The summed E-state index contributed by atoms with van der Waals surface area (Å²) in [6.45, 7) is 2.02. The van der Waals surface area contributed by atoms with E-state index in [-0.39, 0.29) is 6.04 Å². The van der Waals surface area contributed by atoms with Crippen molar-refractivity contribution in [1.82, 2.24) is 5.32 Å². The lowest BCUT2D eigenvalue weighted by atomic mass is 10.1. The van der Waals surface area contributed by atoms with Gasteiger partial charge in [0.2, 0.25) is 0 Å². The van der Waals surface area contributed by atoms with Gasteiger partial charge in [-0.25, -0.2) is 0 Å². The first kappa shape index (κ1) is 16.7. The zero-order valence-electron chi connectivity index (χ0n) is 11.9. The first-order valence-corrected chi connectivity index (χ1v) is 8.01. The molecular weight excluding hydrogens is 322 g/mol. The molecule has 0 amide bonds. The van der Waals surface area contributed by atoms with Gasteiger partial charge in [-0.2, -0.15) is 8.78 Å². The van der Waals surface area contributed by atoms with Crippen molar-refractivity contribution in [2.75, 3.05) is 5.32 Å². The summed E-state index contributed by atoms with van der Waals surface area (Å²) in [6, 6.07) is 16.8. The predicted octanol–water partition coefficient (Wildman–Crippen LogP) is 5.05. The molecule has 0 aliphatic rings. The second kappa shape index (κ2) is 8.10. The number of nitrogens with one attached hydrogen (secondary N) is 2. The molecule has 1 atom stereocenters. The van der Waals surface area contributed by atoms with E-state index >= 15 is 0 Å². The van der Waals surface area contributed by atoms with E-state index in [4.69, 9.17) is 12.2 Å². The Labute approximate surface area is 138 Å². The fourth-order valence-electron chi connectivity index (χ4n) is 1.91. The molecule has 2 aromatic rings. The molecule has 0 bridgehead atoms. The molecule has 2 N–H and O–H groups in total. The van der Waals surface area contributed by atoms with Crippen molar-refractivity contribution in [2.45, 2.75) is 23.6 Å². The molecule has 0 unspecified atom stereocenters. The van der Waals surface area contributed by atoms with Gasteiger partial charge in [-0.05, 0) is 49.0 Å². The third kappa shape index (κ3) is 5.27. The van der Waals surface area contributed by atoms with Gasteiger partial charge in [-0.1, -0.05) is 42.1 Å². The summed E-state index contributed by atoms with van der Waals surface area (Å²) >= 11 is 5.79. The summed E-state index contributed by atoms with van der Waals surface area (Å²) in [6.07, 6.45) is 0. The van der Waals surface area contributed by atoms with Crippen molar-refractivity contribution in [3.8, 4) is 0 Å². The van der Waals surface area contributed by atoms with Gasteiger partial charge in [-0.15, -0.1) is 0 Å². The number of hydrogen-bond acceptors (Lipinski definition) is 2. The summed E-state index contributed by atoms with van der Waals surface area (Å²) in [5.74, 6) is -2.41. The molecule has 0 aliphatic heterocycles. The second-order valence-corrected chi connectivity index (χ2v) is 6.11. The van der Waals surface area contributed by atoms with E-state index < -0.39 is 5.76 Å². The van der Waals surface area contributed by atoms with Crippen molar-refractivity contribution < 1.29 is 8.78 Å². The van der Waals surface area contributed by atoms with E-state index in [1.807, 2.05) is 37.3 Å². The van der Waals surface area contributed by atoms with Crippen LogP contribution in [0.5, 0.6) is 0 Å². The van der Waals surface area contributed by atoms with Crippen LogP contribution in [-0.4, -0.2) is 10.9 Å². The molecule has 22 heavy (non-hydrogen) atoms. The third-order valence-corrected chi connectivity index (χ3v) is 3.93. The van der Waals surface area contributed by atoms with Crippen molar-refractivity contribution in [1.29, 1.82) is 0 Å². The van der Waals surface area contributed by atoms with E-state index in [2.05, 4.69) is 10.6 Å². The maximum absolute atomic E-state index is 12.3. The van der Waals surface area contributed by atoms with Gasteiger partial charge >= 0.3 is 0 Å². The van der Waals surface area contributed by atoms with E-state index in [1.54, 1.807) is 24.3 Å². The topological polar surface area (TPSA) is 24.1 Å². The molecule has 0 radical (unpaired) electrons. The van der Waals surface area contributed by atoms with Gasteiger partial charge in [0, 0.05) is 10.6 Å². The minimum Gasteiger partial charge on any atom is -0.356 e. The molecule has 0 fully saturated rings. The standard InChI is InChI=1S/C16H16F2N2S2/c1-11(12-5-3-2-4-6-12)19-16(21)20-13-7-9-14(10-8-13)22-15(17)18/h2-11,15H,1H3,(H2,19,20,21)/t11-/m1/s1. The van der Waals surface area contributed by atoms with Crippen molar-refractivity contribution in [2.24, 2.45) is 0 Å². The van der Waals surface area contributed by atoms with Gasteiger partial charge in [0.25, 0.3) is 5.76 Å². The molecule has 2 rings (SSSR count). The fourth-order valence-corrected chi connectivity index (χ4v) is 2.70. The molecule has 2 nitrogen and oxygen atoms in total. The average molecular weight is 338 g/mol. The number of thioether (sulfide) groups is 1. The molecular formula is C16H16F2N2S2. The smallest absolute Gasteiger partial charge is 0.288 e. The number of thiocarbonyl (C=S) groups is 1.